The first-order valence-corrected chi connectivity index (χ1v) is 7.38. The molecule has 0 saturated heterocycles. The predicted octanol–water partition coefficient (Wildman–Crippen LogP) is 4.15. The molecule has 2 aromatic rings. The second-order valence-corrected chi connectivity index (χ2v) is 4.98. The van der Waals surface area contributed by atoms with Gasteiger partial charge < -0.3 is 0 Å². The van der Waals surface area contributed by atoms with Gasteiger partial charge in [-0.15, -0.1) is 0 Å². The van der Waals surface area contributed by atoms with Gasteiger partial charge in [0.05, 0.1) is 5.71 Å². The van der Waals surface area contributed by atoms with E-state index in [1.165, 1.54) is 18.2 Å². The van der Waals surface area contributed by atoms with Crippen LogP contribution in [0, 0.1) is 5.82 Å². The fourth-order valence-electron chi connectivity index (χ4n) is 2.05. The van der Waals surface area contributed by atoms with Gasteiger partial charge in [0, 0.05) is 5.56 Å². The summed E-state index contributed by atoms with van der Waals surface area (Å²) in [4.78, 5) is 12.0. The molecule has 0 spiro atoms. The van der Waals surface area contributed by atoms with Crippen LogP contribution in [0.2, 0.25) is 0 Å². The fraction of sp³-hybridized carbons (Fsp3) is 0.222. The van der Waals surface area contributed by atoms with Crippen molar-refractivity contribution in [1.29, 1.82) is 0 Å². The minimum atomic E-state index is -0.439. The molecule has 0 atom stereocenters. The van der Waals surface area contributed by atoms with Gasteiger partial charge in [-0.05, 0) is 36.6 Å². The van der Waals surface area contributed by atoms with E-state index in [-0.39, 0.29) is 5.56 Å². The van der Waals surface area contributed by atoms with Gasteiger partial charge in [0.2, 0.25) is 0 Å². The van der Waals surface area contributed by atoms with Crippen molar-refractivity contribution in [2.24, 2.45) is 5.10 Å². The summed E-state index contributed by atoms with van der Waals surface area (Å²) < 4.78 is 13.1. The Kier molecular flexibility index (Phi) is 5.83. The number of carbonyl (C=O) groups excluding carboxylic acids is 1. The Bertz CT molecular complexity index is 653. The molecule has 1 N–H and O–H groups in total. The third kappa shape index (κ3) is 4.52. The van der Waals surface area contributed by atoms with Crippen LogP contribution < -0.4 is 5.43 Å². The third-order valence-corrected chi connectivity index (χ3v) is 3.25. The lowest BCUT2D eigenvalue weighted by Gasteiger charge is -2.07. The van der Waals surface area contributed by atoms with Crippen molar-refractivity contribution in [3.63, 3.8) is 0 Å². The van der Waals surface area contributed by atoms with Crippen molar-refractivity contribution in [3.05, 3.63) is 71.5 Å². The maximum atomic E-state index is 13.1. The lowest BCUT2D eigenvalue weighted by Crippen LogP contribution is -2.20. The number of rotatable bonds is 6. The lowest BCUT2D eigenvalue weighted by molar-refractivity contribution is 0.0954. The minimum Gasteiger partial charge on any atom is -0.267 e. The van der Waals surface area contributed by atoms with Gasteiger partial charge in [-0.2, -0.15) is 5.10 Å². The van der Waals surface area contributed by atoms with E-state index in [1.807, 2.05) is 30.3 Å². The van der Waals surface area contributed by atoms with Crippen molar-refractivity contribution < 1.29 is 9.18 Å². The maximum Gasteiger partial charge on any atom is 0.271 e. The Balaban J connectivity index is 2.14. The zero-order chi connectivity index (χ0) is 15.8. The fourth-order valence-corrected chi connectivity index (χ4v) is 2.05. The molecule has 0 fully saturated rings. The van der Waals surface area contributed by atoms with E-state index < -0.39 is 11.7 Å². The first-order chi connectivity index (χ1) is 10.7. The highest BCUT2D eigenvalue weighted by Gasteiger charge is 2.07. The summed E-state index contributed by atoms with van der Waals surface area (Å²) in [5.41, 5.74) is 4.58. The largest absolute Gasteiger partial charge is 0.271 e. The van der Waals surface area contributed by atoms with Crippen LogP contribution in [0.1, 0.15) is 42.1 Å². The lowest BCUT2D eigenvalue weighted by atomic mass is 10.1. The Hall–Kier alpha value is -2.49. The predicted molar refractivity (Wildman–Crippen MR) is 86.4 cm³/mol. The number of nitrogens with zero attached hydrogens (tertiary/aromatic N) is 1. The third-order valence-electron chi connectivity index (χ3n) is 3.25. The number of hydrogen-bond acceptors (Lipinski definition) is 2. The van der Waals surface area contributed by atoms with Crippen molar-refractivity contribution in [2.75, 3.05) is 0 Å². The highest BCUT2D eigenvalue weighted by molar-refractivity contribution is 6.02. The van der Waals surface area contributed by atoms with Crippen LogP contribution in [0.15, 0.2) is 59.7 Å². The van der Waals surface area contributed by atoms with E-state index in [1.54, 1.807) is 6.07 Å². The average molecular weight is 298 g/mol. The van der Waals surface area contributed by atoms with Crippen LogP contribution >= 0.6 is 0 Å². The molecule has 3 nitrogen and oxygen atoms in total. The Labute approximate surface area is 129 Å². The number of unbranched alkanes of at least 4 members (excludes halogenated alkanes) is 1. The molecule has 2 aromatic carbocycles. The van der Waals surface area contributed by atoms with Crippen LogP contribution in [0.4, 0.5) is 4.39 Å². The smallest absolute Gasteiger partial charge is 0.267 e. The van der Waals surface area contributed by atoms with E-state index in [0.29, 0.717) is 0 Å². The minimum absolute atomic E-state index is 0.256. The zero-order valence-corrected chi connectivity index (χ0v) is 12.6. The summed E-state index contributed by atoms with van der Waals surface area (Å²) in [6, 6.07) is 15.3. The molecule has 0 saturated carbocycles. The number of hydrazone groups is 1. The highest BCUT2D eigenvalue weighted by atomic mass is 19.1. The van der Waals surface area contributed by atoms with Crippen LogP contribution in [0.3, 0.4) is 0 Å². The van der Waals surface area contributed by atoms with E-state index in [9.17, 15) is 9.18 Å². The number of halogens is 1. The second kappa shape index (κ2) is 8.08. The van der Waals surface area contributed by atoms with Crippen molar-refractivity contribution in [3.8, 4) is 0 Å². The van der Waals surface area contributed by atoms with Gasteiger partial charge in [0.1, 0.15) is 5.82 Å². The normalized spacial score (nSPS) is 11.3. The summed E-state index contributed by atoms with van der Waals surface area (Å²) in [6.45, 7) is 2.11. The first kappa shape index (κ1) is 15.9. The van der Waals surface area contributed by atoms with E-state index in [2.05, 4.69) is 17.5 Å². The molecule has 0 unspecified atom stereocenters. The van der Waals surface area contributed by atoms with Crippen molar-refractivity contribution >= 4 is 11.6 Å². The number of benzene rings is 2. The second-order valence-electron chi connectivity index (χ2n) is 4.98. The summed E-state index contributed by atoms with van der Waals surface area (Å²) in [7, 11) is 0. The maximum absolute atomic E-state index is 13.1. The molecule has 0 aliphatic carbocycles. The Morgan fingerprint density at radius 3 is 2.50 bits per heavy atom. The number of amides is 1. The first-order valence-electron chi connectivity index (χ1n) is 7.38. The average Bonchev–Trinajstić information content (AvgIpc) is 2.55. The molecular formula is C18H19FN2O. The van der Waals surface area contributed by atoms with Gasteiger partial charge in [0.25, 0.3) is 5.91 Å². The summed E-state index contributed by atoms with van der Waals surface area (Å²) >= 11 is 0. The molecule has 0 bridgehead atoms. The van der Waals surface area contributed by atoms with Gasteiger partial charge >= 0.3 is 0 Å². The Morgan fingerprint density at radius 1 is 1.09 bits per heavy atom. The quantitative estimate of drug-likeness (QED) is 0.631. The standard InChI is InChI=1S/C18H19FN2O/c1-2-3-12-17(14-8-5-4-6-9-14)20-21-18(22)15-10-7-11-16(19)13-15/h4-11,13H,2-3,12H2,1H3,(H,21,22). The van der Waals surface area contributed by atoms with Gasteiger partial charge in [-0.3, -0.25) is 4.79 Å². The van der Waals surface area contributed by atoms with Crippen LogP contribution in [-0.4, -0.2) is 11.6 Å². The molecule has 0 aliphatic rings. The zero-order valence-electron chi connectivity index (χ0n) is 12.6. The summed E-state index contributed by atoms with van der Waals surface area (Å²) in [5.74, 6) is -0.852. The molecule has 114 valence electrons. The number of carbonyl (C=O) groups is 1. The number of hydrogen-bond donors (Lipinski definition) is 1. The van der Waals surface area contributed by atoms with Crippen LogP contribution in [0.5, 0.6) is 0 Å². The summed E-state index contributed by atoms with van der Waals surface area (Å²) in [5, 5.41) is 4.23. The van der Waals surface area contributed by atoms with Gasteiger partial charge in [-0.1, -0.05) is 49.7 Å². The van der Waals surface area contributed by atoms with Crippen molar-refractivity contribution in [1.82, 2.24) is 5.43 Å². The highest BCUT2D eigenvalue weighted by Crippen LogP contribution is 2.08. The van der Waals surface area contributed by atoms with Gasteiger partial charge in [0.15, 0.2) is 0 Å². The molecule has 0 radical (unpaired) electrons. The van der Waals surface area contributed by atoms with Gasteiger partial charge in [-0.25, -0.2) is 9.82 Å². The SMILES string of the molecule is CCCCC(=NNC(=O)c1cccc(F)c1)c1ccccc1. The van der Waals surface area contributed by atoms with E-state index in [0.717, 1.165) is 30.5 Å². The van der Waals surface area contributed by atoms with Crippen LogP contribution in [0.25, 0.3) is 0 Å². The molecular weight excluding hydrogens is 279 g/mol. The van der Waals surface area contributed by atoms with Crippen LogP contribution in [-0.2, 0) is 0 Å². The Morgan fingerprint density at radius 2 is 1.82 bits per heavy atom. The molecule has 22 heavy (non-hydrogen) atoms. The van der Waals surface area contributed by atoms with E-state index in [4.69, 9.17) is 0 Å². The monoisotopic (exact) mass is 298 g/mol. The van der Waals surface area contributed by atoms with Crippen molar-refractivity contribution in [2.45, 2.75) is 26.2 Å². The summed E-state index contributed by atoms with van der Waals surface area (Å²) in [6.07, 6.45) is 2.82. The molecule has 0 heterocycles. The van der Waals surface area contributed by atoms with E-state index >= 15 is 0 Å². The molecule has 0 aromatic heterocycles. The topological polar surface area (TPSA) is 41.5 Å². The molecule has 0 aliphatic heterocycles. The molecule has 2 rings (SSSR count). The molecule has 1 amide bonds. The number of nitrogens with one attached hydrogen (secondary N) is 1. The molecule has 4 heteroatoms.